The molecule has 0 spiro atoms. The molecule has 1 fully saturated rings. The first-order chi connectivity index (χ1) is 6.81. The molecule has 1 unspecified atom stereocenters. The number of nitrogens with one attached hydrogen (secondary N) is 1. The quantitative estimate of drug-likeness (QED) is 0.771. The van der Waals surface area contributed by atoms with E-state index in [-0.39, 0.29) is 6.61 Å². The van der Waals surface area contributed by atoms with Crippen LogP contribution in [-0.4, -0.2) is 30.9 Å². The summed E-state index contributed by atoms with van der Waals surface area (Å²) in [6, 6.07) is 0. The lowest BCUT2D eigenvalue weighted by Gasteiger charge is -2.10. The van der Waals surface area contributed by atoms with Gasteiger partial charge in [-0.3, -0.25) is 5.10 Å². The minimum absolute atomic E-state index is 0.0511. The fourth-order valence-electron chi connectivity index (χ4n) is 1.65. The molecule has 6 heteroatoms. The number of hydrogen-bond donors (Lipinski definition) is 2. The zero-order chi connectivity index (χ0) is 9.97. The Kier molecular flexibility index (Phi) is 3.25. The lowest BCUT2D eigenvalue weighted by atomic mass is 10.2. The standard InChI is InChI=1S/C8H13N3OS2/c12-5-7-9-10-8(13)11(7)4-6-2-1-3-14-6/h6,12H,1-5H2,(H,10,13). The van der Waals surface area contributed by atoms with E-state index in [0.717, 1.165) is 6.54 Å². The molecule has 0 radical (unpaired) electrons. The van der Waals surface area contributed by atoms with E-state index in [4.69, 9.17) is 17.3 Å². The van der Waals surface area contributed by atoms with Crippen LogP contribution in [0.15, 0.2) is 0 Å². The molecule has 1 aromatic rings. The molecule has 2 N–H and O–H groups in total. The summed E-state index contributed by atoms with van der Waals surface area (Å²) >= 11 is 7.08. The van der Waals surface area contributed by atoms with E-state index in [1.54, 1.807) is 0 Å². The van der Waals surface area contributed by atoms with Crippen LogP contribution in [0.3, 0.4) is 0 Å². The van der Waals surface area contributed by atoms with Gasteiger partial charge >= 0.3 is 0 Å². The second kappa shape index (κ2) is 4.46. The largest absolute Gasteiger partial charge is 0.388 e. The van der Waals surface area contributed by atoms with Gasteiger partial charge in [-0.25, -0.2) is 0 Å². The maximum Gasteiger partial charge on any atom is 0.195 e. The maximum absolute atomic E-state index is 9.05. The number of rotatable bonds is 3. The lowest BCUT2D eigenvalue weighted by molar-refractivity contribution is 0.264. The van der Waals surface area contributed by atoms with E-state index in [1.807, 2.05) is 16.3 Å². The molecular weight excluding hydrogens is 218 g/mol. The second-order valence-corrected chi connectivity index (χ2v) is 5.14. The summed E-state index contributed by atoms with van der Waals surface area (Å²) < 4.78 is 2.51. The van der Waals surface area contributed by atoms with Gasteiger partial charge in [0.05, 0.1) is 0 Å². The van der Waals surface area contributed by atoms with Gasteiger partial charge in [-0.05, 0) is 30.8 Å². The molecule has 0 saturated carbocycles. The van der Waals surface area contributed by atoms with Crippen LogP contribution in [0.2, 0.25) is 0 Å². The summed E-state index contributed by atoms with van der Waals surface area (Å²) in [5.74, 6) is 1.88. The molecule has 2 rings (SSSR count). The highest BCUT2D eigenvalue weighted by atomic mass is 32.2. The third-order valence-corrected chi connectivity index (χ3v) is 4.08. The fraction of sp³-hybridized carbons (Fsp3) is 0.750. The predicted octanol–water partition coefficient (Wildman–Crippen LogP) is 1.33. The maximum atomic E-state index is 9.05. The third kappa shape index (κ3) is 2.02. The third-order valence-electron chi connectivity index (χ3n) is 2.39. The molecule has 0 aromatic carbocycles. The van der Waals surface area contributed by atoms with Crippen LogP contribution in [0.4, 0.5) is 0 Å². The number of aliphatic hydroxyl groups excluding tert-OH is 1. The number of thioether (sulfide) groups is 1. The highest BCUT2D eigenvalue weighted by Gasteiger charge is 2.17. The molecule has 0 aliphatic carbocycles. The Morgan fingerprint density at radius 2 is 2.57 bits per heavy atom. The van der Waals surface area contributed by atoms with Gasteiger partial charge in [0.25, 0.3) is 0 Å². The van der Waals surface area contributed by atoms with Crippen molar-refractivity contribution in [3.8, 4) is 0 Å². The van der Waals surface area contributed by atoms with Crippen molar-refractivity contribution in [3.05, 3.63) is 10.6 Å². The second-order valence-electron chi connectivity index (χ2n) is 3.35. The molecule has 78 valence electrons. The molecule has 2 heterocycles. The smallest absolute Gasteiger partial charge is 0.195 e. The Morgan fingerprint density at radius 3 is 3.21 bits per heavy atom. The van der Waals surface area contributed by atoms with Crippen molar-refractivity contribution in [2.75, 3.05) is 5.75 Å². The number of H-pyrrole nitrogens is 1. The zero-order valence-electron chi connectivity index (χ0n) is 7.77. The Balaban J connectivity index is 2.13. The van der Waals surface area contributed by atoms with Crippen LogP contribution in [0.25, 0.3) is 0 Å². The predicted molar refractivity (Wildman–Crippen MR) is 58.8 cm³/mol. The molecule has 0 bridgehead atoms. The Hall–Kier alpha value is -0.330. The summed E-state index contributed by atoms with van der Waals surface area (Å²) in [4.78, 5) is 0. The van der Waals surface area contributed by atoms with Crippen molar-refractivity contribution in [1.29, 1.82) is 0 Å². The zero-order valence-corrected chi connectivity index (χ0v) is 9.40. The van der Waals surface area contributed by atoms with Crippen molar-refractivity contribution < 1.29 is 5.11 Å². The topological polar surface area (TPSA) is 53.8 Å². The van der Waals surface area contributed by atoms with Gasteiger partial charge in [0.2, 0.25) is 0 Å². The van der Waals surface area contributed by atoms with Crippen molar-refractivity contribution in [3.63, 3.8) is 0 Å². The van der Waals surface area contributed by atoms with Gasteiger partial charge in [0.1, 0.15) is 6.61 Å². The first-order valence-electron chi connectivity index (χ1n) is 4.68. The molecule has 1 saturated heterocycles. The highest BCUT2D eigenvalue weighted by molar-refractivity contribution is 8.00. The first kappa shape index (κ1) is 10.2. The molecule has 1 aliphatic heterocycles. The van der Waals surface area contributed by atoms with E-state index in [0.29, 0.717) is 15.8 Å². The molecule has 14 heavy (non-hydrogen) atoms. The van der Waals surface area contributed by atoms with Gasteiger partial charge in [0.15, 0.2) is 10.6 Å². The van der Waals surface area contributed by atoms with Crippen LogP contribution in [0.5, 0.6) is 0 Å². The van der Waals surface area contributed by atoms with Crippen molar-refractivity contribution in [2.45, 2.75) is 31.2 Å². The summed E-state index contributed by atoms with van der Waals surface area (Å²) in [5, 5.41) is 16.3. The van der Waals surface area contributed by atoms with Gasteiger partial charge in [-0.15, -0.1) is 0 Å². The molecule has 1 aromatic heterocycles. The van der Waals surface area contributed by atoms with Crippen LogP contribution >= 0.6 is 24.0 Å². The number of hydrogen-bond acceptors (Lipinski definition) is 4. The van der Waals surface area contributed by atoms with Crippen molar-refractivity contribution >= 4 is 24.0 Å². The van der Waals surface area contributed by atoms with Crippen LogP contribution < -0.4 is 0 Å². The average Bonchev–Trinajstić information content (AvgIpc) is 2.79. The first-order valence-corrected chi connectivity index (χ1v) is 6.13. The Bertz CT molecular complexity index is 354. The van der Waals surface area contributed by atoms with E-state index < -0.39 is 0 Å². The van der Waals surface area contributed by atoms with Crippen LogP contribution in [-0.2, 0) is 13.2 Å². The summed E-state index contributed by atoms with van der Waals surface area (Å²) in [6.07, 6.45) is 2.53. The monoisotopic (exact) mass is 231 g/mol. The van der Waals surface area contributed by atoms with E-state index in [9.17, 15) is 0 Å². The van der Waals surface area contributed by atoms with E-state index in [1.165, 1.54) is 18.6 Å². The van der Waals surface area contributed by atoms with Crippen LogP contribution in [0.1, 0.15) is 18.7 Å². The number of aromatic amines is 1. The van der Waals surface area contributed by atoms with E-state index in [2.05, 4.69) is 10.2 Å². The number of nitrogens with zero attached hydrogens (tertiary/aromatic N) is 2. The van der Waals surface area contributed by atoms with E-state index >= 15 is 0 Å². The van der Waals surface area contributed by atoms with Gasteiger partial charge in [-0.2, -0.15) is 16.9 Å². The number of aliphatic hydroxyl groups is 1. The average molecular weight is 231 g/mol. The molecular formula is C8H13N3OS2. The van der Waals surface area contributed by atoms with Gasteiger partial charge in [-0.1, -0.05) is 0 Å². The SMILES string of the molecule is OCc1n[nH]c(=S)n1CC1CCCS1. The molecule has 4 nitrogen and oxygen atoms in total. The lowest BCUT2D eigenvalue weighted by Crippen LogP contribution is -2.13. The van der Waals surface area contributed by atoms with Crippen molar-refractivity contribution in [1.82, 2.24) is 14.8 Å². The van der Waals surface area contributed by atoms with Crippen LogP contribution in [0, 0.1) is 4.77 Å². The van der Waals surface area contributed by atoms with Crippen molar-refractivity contribution in [2.24, 2.45) is 0 Å². The van der Waals surface area contributed by atoms with Gasteiger partial charge in [0, 0.05) is 11.8 Å². The number of aromatic nitrogens is 3. The van der Waals surface area contributed by atoms with Gasteiger partial charge < -0.3 is 9.67 Å². The molecule has 0 amide bonds. The molecule has 1 aliphatic rings. The minimum atomic E-state index is -0.0511. The Labute approximate surface area is 91.7 Å². The Morgan fingerprint density at radius 1 is 1.71 bits per heavy atom. The normalized spacial score (nSPS) is 21.6. The summed E-state index contributed by atoms with van der Waals surface area (Å²) in [7, 11) is 0. The minimum Gasteiger partial charge on any atom is -0.388 e. The highest BCUT2D eigenvalue weighted by Crippen LogP contribution is 2.27. The fourth-order valence-corrected chi connectivity index (χ4v) is 3.13. The molecule has 1 atom stereocenters. The summed E-state index contributed by atoms with van der Waals surface area (Å²) in [6.45, 7) is 0.820. The summed E-state index contributed by atoms with van der Waals surface area (Å²) in [5.41, 5.74) is 0.